The molecule has 0 aliphatic heterocycles. The molecule has 0 bridgehead atoms. The van der Waals surface area contributed by atoms with Gasteiger partial charge in [-0.15, -0.1) is 0 Å². The Hall–Kier alpha value is -2.44. The number of esters is 1. The molecule has 0 fully saturated rings. The van der Waals surface area contributed by atoms with Crippen LogP contribution in [-0.4, -0.2) is 23.1 Å². The average Bonchev–Trinajstić information content (AvgIpc) is 2.97. The first-order valence-electron chi connectivity index (χ1n) is 8.53. The fraction of sp³-hybridized carbons (Fsp3) is 0.250. The molecule has 0 saturated heterocycles. The minimum atomic E-state index is -0.604. The minimum absolute atomic E-state index is 0.291. The van der Waals surface area contributed by atoms with Crippen LogP contribution in [0.5, 0.6) is 0 Å². The largest absolute Gasteiger partial charge is 0.464 e. The molecule has 5 nitrogen and oxygen atoms in total. The second-order valence-corrected chi connectivity index (χ2v) is 7.53. The Labute approximate surface area is 165 Å². The molecule has 3 aromatic rings. The van der Waals surface area contributed by atoms with Gasteiger partial charge in [0.15, 0.2) is 4.80 Å². The Morgan fingerprint density at radius 3 is 2.74 bits per heavy atom. The number of halogens is 1. The molecule has 1 heterocycles. The highest BCUT2D eigenvalue weighted by Gasteiger charge is 2.21. The molecule has 1 unspecified atom stereocenters. The fourth-order valence-electron chi connectivity index (χ4n) is 2.74. The van der Waals surface area contributed by atoms with E-state index >= 15 is 0 Å². The van der Waals surface area contributed by atoms with Crippen molar-refractivity contribution in [3.05, 3.63) is 63.4 Å². The number of amides is 1. The van der Waals surface area contributed by atoms with Crippen molar-refractivity contribution in [2.45, 2.75) is 26.8 Å². The number of aryl methyl sites for hydroxylation is 1. The molecule has 2 aromatic carbocycles. The number of nitrogens with zero attached hydrogens (tertiary/aromatic N) is 2. The molecule has 0 spiro atoms. The van der Waals surface area contributed by atoms with Crippen molar-refractivity contribution in [3.8, 4) is 0 Å². The number of fused-ring (bicyclic) bond motifs is 1. The van der Waals surface area contributed by atoms with Gasteiger partial charge in [-0.25, -0.2) is 4.79 Å². The fourth-order valence-corrected chi connectivity index (χ4v) is 4.13. The highest BCUT2D eigenvalue weighted by Crippen LogP contribution is 2.23. The summed E-state index contributed by atoms with van der Waals surface area (Å²) >= 11 is 7.34. The summed E-state index contributed by atoms with van der Waals surface area (Å²) in [5.74, 6) is -0.778. The van der Waals surface area contributed by atoms with Crippen LogP contribution in [0, 0.1) is 6.92 Å². The van der Waals surface area contributed by atoms with E-state index in [2.05, 4.69) is 4.99 Å². The van der Waals surface area contributed by atoms with Gasteiger partial charge in [0.05, 0.1) is 16.8 Å². The van der Waals surface area contributed by atoms with E-state index in [9.17, 15) is 9.59 Å². The van der Waals surface area contributed by atoms with E-state index in [1.165, 1.54) is 11.3 Å². The Balaban J connectivity index is 2.17. The highest BCUT2D eigenvalue weighted by atomic mass is 35.5. The van der Waals surface area contributed by atoms with Crippen molar-refractivity contribution in [3.63, 3.8) is 0 Å². The van der Waals surface area contributed by atoms with Gasteiger partial charge in [-0.05, 0) is 56.7 Å². The van der Waals surface area contributed by atoms with Crippen molar-refractivity contribution in [1.29, 1.82) is 0 Å². The standard InChI is InChI=1S/C20H19ClN2O3S/c1-4-26-19(25)13(3)23-16-9-8-12(2)10-17(16)27-20(23)22-18(24)14-6-5-7-15(21)11-14/h5-11,13H,4H2,1-3H3. The highest BCUT2D eigenvalue weighted by molar-refractivity contribution is 7.16. The third-order valence-corrected chi connectivity index (χ3v) is 5.32. The lowest BCUT2D eigenvalue weighted by atomic mass is 10.2. The van der Waals surface area contributed by atoms with Gasteiger partial charge in [-0.1, -0.05) is 35.1 Å². The Kier molecular flexibility index (Phi) is 5.77. The second-order valence-electron chi connectivity index (χ2n) is 6.08. The van der Waals surface area contributed by atoms with Crippen LogP contribution in [-0.2, 0) is 9.53 Å². The zero-order valence-electron chi connectivity index (χ0n) is 15.2. The van der Waals surface area contributed by atoms with Gasteiger partial charge in [-0.3, -0.25) is 4.79 Å². The van der Waals surface area contributed by atoms with Crippen LogP contribution in [0.2, 0.25) is 5.02 Å². The summed E-state index contributed by atoms with van der Waals surface area (Å²) in [5.41, 5.74) is 2.32. The molecule has 7 heteroatoms. The summed E-state index contributed by atoms with van der Waals surface area (Å²) < 4.78 is 7.86. The van der Waals surface area contributed by atoms with Gasteiger partial charge in [0.25, 0.3) is 5.91 Å². The lowest BCUT2D eigenvalue weighted by Gasteiger charge is -2.13. The topological polar surface area (TPSA) is 60.7 Å². The number of hydrogen-bond donors (Lipinski definition) is 0. The number of benzene rings is 2. The number of carbonyl (C=O) groups excluding carboxylic acids is 2. The van der Waals surface area contributed by atoms with E-state index in [0.29, 0.717) is 22.0 Å². The van der Waals surface area contributed by atoms with E-state index < -0.39 is 11.9 Å². The summed E-state index contributed by atoms with van der Waals surface area (Å²) in [4.78, 5) is 29.7. The second kappa shape index (κ2) is 8.06. The predicted octanol–water partition coefficient (Wildman–Crippen LogP) is 4.53. The molecule has 1 amide bonds. The van der Waals surface area contributed by atoms with Crippen LogP contribution in [0.3, 0.4) is 0 Å². The smallest absolute Gasteiger partial charge is 0.328 e. The molecule has 1 atom stereocenters. The number of carbonyl (C=O) groups is 2. The Morgan fingerprint density at radius 2 is 2.04 bits per heavy atom. The maximum absolute atomic E-state index is 12.6. The Bertz CT molecular complexity index is 1080. The van der Waals surface area contributed by atoms with Gasteiger partial charge >= 0.3 is 5.97 Å². The first-order chi connectivity index (χ1) is 12.9. The SMILES string of the molecule is CCOC(=O)C(C)n1c(=NC(=O)c2cccc(Cl)c2)sc2cc(C)ccc21. The van der Waals surface area contributed by atoms with E-state index in [1.54, 1.807) is 42.7 Å². The van der Waals surface area contributed by atoms with Crippen LogP contribution in [0.4, 0.5) is 0 Å². The number of ether oxygens (including phenoxy) is 1. The van der Waals surface area contributed by atoms with Crippen LogP contribution < -0.4 is 4.80 Å². The van der Waals surface area contributed by atoms with Crippen LogP contribution in [0.15, 0.2) is 47.5 Å². The first kappa shape index (κ1) is 19.3. The summed E-state index contributed by atoms with van der Waals surface area (Å²) in [7, 11) is 0. The molecule has 0 saturated carbocycles. The molecular formula is C20H19ClN2O3S. The molecular weight excluding hydrogens is 384 g/mol. The third kappa shape index (κ3) is 4.12. The first-order valence-corrected chi connectivity index (χ1v) is 9.73. The molecule has 140 valence electrons. The van der Waals surface area contributed by atoms with Crippen LogP contribution in [0.1, 0.15) is 35.8 Å². The van der Waals surface area contributed by atoms with Crippen molar-refractivity contribution in [1.82, 2.24) is 4.57 Å². The average molecular weight is 403 g/mol. The van der Waals surface area contributed by atoms with Gasteiger partial charge in [0.1, 0.15) is 6.04 Å². The van der Waals surface area contributed by atoms with Crippen molar-refractivity contribution in [2.24, 2.45) is 4.99 Å². The van der Waals surface area contributed by atoms with Crippen molar-refractivity contribution >= 4 is 45.0 Å². The maximum Gasteiger partial charge on any atom is 0.328 e. The van der Waals surface area contributed by atoms with Gasteiger partial charge in [-0.2, -0.15) is 4.99 Å². The van der Waals surface area contributed by atoms with Gasteiger partial charge < -0.3 is 9.30 Å². The maximum atomic E-state index is 12.6. The molecule has 0 aliphatic carbocycles. The predicted molar refractivity (Wildman–Crippen MR) is 107 cm³/mol. The van der Waals surface area contributed by atoms with E-state index in [4.69, 9.17) is 16.3 Å². The lowest BCUT2D eigenvalue weighted by molar-refractivity contribution is -0.146. The van der Waals surface area contributed by atoms with Crippen molar-refractivity contribution in [2.75, 3.05) is 6.61 Å². The van der Waals surface area contributed by atoms with Crippen molar-refractivity contribution < 1.29 is 14.3 Å². The van der Waals surface area contributed by atoms with Crippen LogP contribution >= 0.6 is 22.9 Å². The molecule has 0 aliphatic rings. The summed E-state index contributed by atoms with van der Waals surface area (Å²) in [5, 5.41) is 0.468. The van der Waals surface area contributed by atoms with E-state index in [-0.39, 0.29) is 5.97 Å². The number of aromatic nitrogens is 1. The lowest BCUT2D eigenvalue weighted by Crippen LogP contribution is -2.27. The van der Waals surface area contributed by atoms with Gasteiger partial charge in [0.2, 0.25) is 0 Å². The summed E-state index contributed by atoms with van der Waals surface area (Å²) in [6.45, 7) is 5.79. The monoisotopic (exact) mass is 402 g/mol. The number of hydrogen-bond acceptors (Lipinski definition) is 4. The molecule has 27 heavy (non-hydrogen) atoms. The number of rotatable bonds is 4. The molecule has 0 radical (unpaired) electrons. The zero-order chi connectivity index (χ0) is 19.6. The Morgan fingerprint density at radius 1 is 1.26 bits per heavy atom. The molecule has 3 rings (SSSR count). The molecule has 0 N–H and O–H groups in total. The molecule has 1 aromatic heterocycles. The van der Waals surface area contributed by atoms with Gasteiger partial charge in [0, 0.05) is 10.6 Å². The number of thiazole rings is 1. The third-order valence-electron chi connectivity index (χ3n) is 4.07. The van der Waals surface area contributed by atoms with E-state index in [1.807, 2.05) is 25.1 Å². The summed E-state index contributed by atoms with van der Waals surface area (Å²) in [6, 6.07) is 11.9. The summed E-state index contributed by atoms with van der Waals surface area (Å²) in [6.07, 6.45) is 0. The van der Waals surface area contributed by atoms with Crippen LogP contribution in [0.25, 0.3) is 10.2 Å². The van der Waals surface area contributed by atoms with E-state index in [0.717, 1.165) is 15.8 Å². The normalized spacial score (nSPS) is 13.0. The quantitative estimate of drug-likeness (QED) is 0.602. The zero-order valence-corrected chi connectivity index (χ0v) is 16.8. The minimum Gasteiger partial charge on any atom is -0.464 e.